The Kier molecular flexibility index (Phi) is 8.33. The number of halogens is 3. The molecule has 0 bridgehead atoms. The molecule has 1 aliphatic rings. The molecule has 36 heavy (non-hydrogen) atoms. The first-order valence-electron chi connectivity index (χ1n) is 11.8. The van der Waals surface area contributed by atoms with Crippen molar-refractivity contribution in [1.82, 2.24) is 20.1 Å². The Morgan fingerprint density at radius 1 is 1.31 bits per heavy atom. The molecule has 4 rings (SSSR count). The molecule has 1 fully saturated rings. The van der Waals surface area contributed by atoms with Crippen molar-refractivity contribution in [2.24, 2.45) is 0 Å². The van der Waals surface area contributed by atoms with E-state index >= 15 is 0 Å². The predicted octanol–water partition coefficient (Wildman–Crippen LogP) is 5.60. The van der Waals surface area contributed by atoms with Crippen molar-refractivity contribution in [2.45, 2.75) is 45.3 Å². The maximum Gasteiger partial charge on any atom is 0.342 e. The Morgan fingerprint density at radius 2 is 2.06 bits per heavy atom. The number of piperidine rings is 1. The Morgan fingerprint density at radius 3 is 2.78 bits per heavy atom. The van der Waals surface area contributed by atoms with Crippen LogP contribution in [0.25, 0.3) is 11.1 Å². The molecule has 3 N–H and O–H groups in total. The van der Waals surface area contributed by atoms with Crippen LogP contribution in [0.5, 0.6) is 5.75 Å². The van der Waals surface area contributed by atoms with Crippen LogP contribution >= 0.6 is 23.2 Å². The number of hydrogen-bond acceptors (Lipinski definition) is 7. The van der Waals surface area contributed by atoms with Crippen molar-refractivity contribution in [2.75, 3.05) is 25.4 Å². The van der Waals surface area contributed by atoms with Crippen LogP contribution in [0.15, 0.2) is 30.7 Å². The Bertz CT molecular complexity index is 1250. The molecule has 1 aliphatic heterocycles. The number of ether oxygens (including phenoxy) is 2. The largest absolute Gasteiger partial charge is 0.481 e. The van der Waals surface area contributed by atoms with Crippen molar-refractivity contribution in [3.63, 3.8) is 0 Å². The second-order valence-electron chi connectivity index (χ2n) is 8.60. The number of benzene rings is 1. The molecule has 0 aliphatic carbocycles. The molecule has 1 aromatic carbocycles. The number of rotatable bonds is 8. The van der Waals surface area contributed by atoms with Crippen molar-refractivity contribution < 1.29 is 18.7 Å². The summed E-state index contributed by atoms with van der Waals surface area (Å²) in [6.45, 7) is 5.57. The number of nitrogens with zero attached hydrogens (tertiary/aromatic N) is 3. The molecule has 0 unspecified atom stereocenters. The zero-order valence-electron chi connectivity index (χ0n) is 20.1. The summed E-state index contributed by atoms with van der Waals surface area (Å²) in [5, 5.41) is 7.92. The summed E-state index contributed by atoms with van der Waals surface area (Å²) in [5.41, 5.74) is 7.65. The molecular weight excluding hydrogens is 508 g/mol. The van der Waals surface area contributed by atoms with E-state index in [4.69, 9.17) is 38.4 Å². The van der Waals surface area contributed by atoms with Crippen LogP contribution in [0.2, 0.25) is 10.0 Å². The number of nitrogens with two attached hydrogens (primary N) is 1. The number of nitrogen functional groups attached to an aromatic ring is 1. The van der Waals surface area contributed by atoms with Gasteiger partial charge < -0.3 is 20.5 Å². The van der Waals surface area contributed by atoms with Gasteiger partial charge in [-0.15, -0.1) is 0 Å². The summed E-state index contributed by atoms with van der Waals surface area (Å²) in [7, 11) is 0. The molecule has 0 saturated carbocycles. The fraction of sp³-hybridized carbons (Fsp3) is 0.400. The minimum atomic E-state index is -0.852. The molecule has 3 aromatic rings. The van der Waals surface area contributed by atoms with Crippen LogP contribution in [-0.2, 0) is 4.74 Å². The Balaban J connectivity index is 1.77. The van der Waals surface area contributed by atoms with E-state index in [-0.39, 0.29) is 45.4 Å². The number of aromatic nitrogens is 3. The van der Waals surface area contributed by atoms with Gasteiger partial charge in [-0.25, -0.2) is 14.2 Å². The first kappa shape index (κ1) is 26.2. The lowest BCUT2D eigenvalue weighted by Gasteiger charge is -2.23. The van der Waals surface area contributed by atoms with E-state index < -0.39 is 17.9 Å². The zero-order chi connectivity index (χ0) is 25.8. The zero-order valence-corrected chi connectivity index (χ0v) is 21.6. The first-order chi connectivity index (χ1) is 17.3. The van der Waals surface area contributed by atoms with Crippen molar-refractivity contribution in [3.8, 4) is 16.9 Å². The second-order valence-corrected chi connectivity index (χ2v) is 9.39. The summed E-state index contributed by atoms with van der Waals surface area (Å²) in [4.78, 5) is 17.5. The lowest BCUT2D eigenvalue weighted by Crippen LogP contribution is -2.29. The number of carbonyl (C=O) groups excluding carboxylic acids is 1. The molecule has 0 radical (unpaired) electrons. The molecule has 0 spiro atoms. The van der Waals surface area contributed by atoms with Gasteiger partial charge in [0.2, 0.25) is 0 Å². The molecule has 8 nitrogen and oxygen atoms in total. The van der Waals surface area contributed by atoms with Crippen LogP contribution in [0, 0.1) is 5.82 Å². The average Bonchev–Trinajstić information content (AvgIpc) is 3.37. The second kappa shape index (κ2) is 11.5. The normalized spacial score (nSPS) is 15.0. The fourth-order valence-corrected chi connectivity index (χ4v) is 4.89. The fourth-order valence-electron chi connectivity index (χ4n) is 4.21. The highest BCUT2D eigenvalue weighted by Gasteiger charge is 2.28. The van der Waals surface area contributed by atoms with Gasteiger partial charge in [0.15, 0.2) is 11.6 Å². The minimum Gasteiger partial charge on any atom is -0.481 e. The smallest absolute Gasteiger partial charge is 0.342 e. The van der Waals surface area contributed by atoms with Crippen LogP contribution in [0.4, 0.5) is 10.2 Å². The third kappa shape index (κ3) is 5.43. The van der Waals surface area contributed by atoms with Crippen LogP contribution in [0.1, 0.15) is 61.2 Å². The number of carbonyl (C=O) groups is 1. The summed E-state index contributed by atoms with van der Waals surface area (Å²) < 4.78 is 27.6. The van der Waals surface area contributed by atoms with Gasteiger partial charge in [0.25, 0.3) is 0 Å². The van der Waals surface area contributed by atoms with E-state index in [1.807, 2.05) is 17.8 Å². The highest BCUT2D eigenvalue weighted by molar-refractivity contribution is 6.36. The number of esters is 1. The lowest BCUT2D eigenvalue weighted by atomic mass is 10.0. The van der Waals surface area contributed by atoms with Crippen molar-refractivity contribution in [1.29, 1.82) is 0 Å². The highest BCUT2D eigenvalue weighted by Crippen LogP contribution is 2.40. The molecule has 0 amide bonds. The first-order valence-corrected chi connectivity index (χ1v) is 12.6. The van der Waals surface area contributed by atoms with Gasteiger partial charge >= 0.3 is 5.97 Å². The van der Waals surface area contributed by atoms with E-state index in [0.717, 1.165) is 25.9 Å². The summed E-state index contributed by atoms with van der Waals surface area (Å²) >= 11 is 12.5. The lowest BCUT2D eigenvalue weighted by molar-refractivity contribution is 0.0499. The SMILES string of the molecule is CCCOC(=O)c1c(-c2cnn(C3CCNCC3)c2)cnc(N)c1O[C@H](C)c1c(Cl)ccc(F)c1Cl. The Labute approximate surface area is 218 Å². The number of nitrogens with one attached hydrogen (secondary N) is 1. The average molecular weight is 536 g/mol. The molecule has 11 heteroatoms. The maximum atomic E-state index is 14.2. The molecule has 192 valence electrons. The number of anilines is 1. The third-order valence-corrected chi connectivity index (χ3v) is 6.79. The predicted molar refractivity (Wildman–Crippen MR) is 137 cm³/mol. The third-order valence-electron chi connectivity index (χ3n) is 6.08. The molecule has 3 heterocycles. The van der Waals surface area contributed by atoms with Gasteiger partial charge in [-0.3, -0.25) is 4.68 Å². The van der Waals surface area contributed by atoms with Crippen molar-refractivity contribution in [3.05, 3.63) is 57.7 Å². The minimum absolute atomic E-state index is 0.00659. The summed E-state index contributed by atoms with van der Waals surface area (Å²) in [5.74, 6) is -1.27. The Hall–Kier alpha value is -2.88. The van der Waals surface area contributed by atoms with E-state index in [0.29, 0.717) is 17.5 Å². The highest BCUT2D eigenvalue weighted by atomic mass is 35.5. The van der Waals surface area contributed by atoms with Gasteiger partial charge in [0.05, 0.1) is 23.9 Å². The maximum absolute atomic E-state index is 14.2. The van der Waals surface area contributed by atoms with Crippen LogP contribution in [-0.4, -0.2) is 40.4 Å². The van der Waals surface area contributed by atoms with Gasteiger partial charge in [-0.05, 0) is 51.4 Å². The number of pyridine rings is 1. The van der Waals surface area contributed by atoms with E-state index in [2.05, 4.69) is 15.4 Å². The van der Waals surface area contributed by atoms with Gasteiger partial charge in [-0.1, -0.05) is 30.1 Å². The van der Waals surface area contributed by atoms with Gasteiger partial charge in [0, 0.05) is 34.1 Å². The summed E-state index contributed by atoms with van der Waals surface area (Å²) in [6, 6.07) is 2.82. The monoisotopic (exact) mass is 535 g/mol. The van der Waals surface area contributed by atoms with E-state index in [1.54, 1.807) is 13.1 Å². The standard InChI is InChI=1S/C25H28Cl2FN5O3/c1-3-10-35-25(34)21-17(15-11-32-33(13-15)16-6-8-30-9-7-16)12-31-24(29)23(21)36-14(2)20-18(26)4-5-19(28)22(20)27/h4-5,11-14,16,30H,3,6-10H2,1-2H3,(H2,29,31)/t14-/m1/s1. The summed E-state index contributed by atoms with van der Waals surface area (Å²) in [6.07, 6.45) is 6.75. The molecule has 2 aromatic heterocycles. The van der Waals surface area contributed by atoms with Crippen LogP contribution in [0.3, 0.4) is 0 Å². The topological polar surface area (TPSA) is 104 Å². The van der Waals surface area contributed by atoms with Gasteiger partial charge in [-0.2, -0.15) is 5.10 Å². The quantitative estimate of drug-likeness (QED) is 0.285. The van der Waals surface area contributed by atoms with Crippen LogP contribution < -0.4 is 15.8 Å². The molecule has 1 atom stereocenters. The van der Waals surface area contributed by atoms with Gasteiger partial charge in [0.1, 0.15) is 17.5 Å². The number of hydrogen-bond donors (Lipinski definition) is 2. The van der Waals surface area contributed by atoms with E-state index in [9.17, 15) is 9.18 Å². The van der Waals surface area contributed by atoms with Crippen molar-refractivity contribution >= 4 is 35.0 Å². The molecule has 1 saturated heterocycles. The molecular formula is C25H28Cl2FN5O3. The van der Waals surface area contributed by atoms with E-state index in [1.165, 1.54) is 18.3 Å².